The molecule has 0 saturated carbocycles. The predicted octanol–water partition coefficient (Wildman–Crippen LogP) is 3.89. The molecule has 0 saturated heterocycles. The van der Waals surface area contributed by atoms with E-state index in [1.54, 1.807) is 15.8 Å². The van der Waals surface area contributed by atoms with Gasteiger partial charge in [0.15, 0.2) is 6.04 Å². The van der Waals surface area contributed by atoms with Crippen molar-refractivity contribution in [3.63, 3.8) is 0 Å². The Bertz CT molecular complexity index is 802. The van der Waals surface area contributed by atoms with E-state index in [1.165, 1.54) is 0 Å². The third kappa shape index (κ3) is 3.57. The van der Waals surface area contributed by atoms with E-state index in [1.807, 2.05) is 73.9 Å². The first kappa shape index (κ1) is 16.5. The van der Waals surface area contributed by atoms with Crippen molar-refractivity contribution in [3.05, 3.63) is 88.7 Å². The number of likely N-dealkylation sites (N-methyl/N-ethyl adjacent to an activating group) is 1. The van der Waals surface area contributed by atoms with Crippen LogP contribution >= 0.6 is 15.9 Å². The van der Waals surface area contributed by atoms with Crippen molar-refractivity contribution in [1.82, 2.24) is 14.7 Å². The van der Waals surface area contributed by atoms with E-state index in [0.29, 0.717) is 6.54 Å². The van der Waals surface area contributed by atoms with Crippen LogP contribution in [0, 0.1) is 0 Å². The molecule has 2 aromatic carbocycles. The topological polar surface area (TPSA) is 38.1 Å². The van der Waals surface area contributed by atoms with Gasteiger partial charge in [0.1, 0.15) is 0 Å². The Morgan fingerprint density at radius 3 is 2.50 bits per heavy atom. The first-order chi connectivity index (χ1) is 11.7. The number of aromatic nitrogens is 2. The first-order valence-corrected chi connectivity index (χ1v) is 8.48. The largest absolute Gasteiger partial charge is 0.339 e. The molecule has 1 atom stereocenters. The maximum atomic E-state index is 13.1. The average Bonchev–Trinajstić information content (AvgIpc) is 3.12. The molecule has 1 unspecified atom stereocenters. The Hall–Kier alpha value is -2.40. The number of nitrogens with zero attached hydrogens (tertiary/aromatic N) is 3. The van der Waals surface area contributed by atoms with Crippen molar-refractivity contribution in [1.29, 1.82) is 0 Å². The van der Waals surface area contributed by atoms with Crippen LogP contribution in [0.25, 0.3) is 0 Å². The molecule has 0 radical (unpaired) electrons. The van der Waals surface area contributed by atoms with Crippen LogP contribution in [-0.2, 0) is 11.3 Å². The maximum absolute atomic E-state index is 13.1. The normalized spacial score (nSPS) is 11.9. The summed E-state index contributed by atoms with van der Waals surface area (Å²) in [6, 6.07) is 19.0. The zero-order valence-corrected chi connectivity index (χ0v) is 14.9. The highest BCUT2D eigenvalue weighted by Gasteiger charge is 2.26. The summed E-state index contributed by atoms with van der Waals surface area (Å²) in [7, 11) is 1.82. The molecule has 1 aromatic heterocycles. The molecule has 0 aliphatic heterocycles. The van der Waals surface area contributed by atoms with Gasteiger partial charge in [0.25, 0.3) is 5.91 Å². The summed E-state index contributed by atoms with van der Waals surface area (Å²) >= 11 is 3.54. The van der Waals surface area contributed by atoms with E-state index in [0.717, 1.165) is 15.6 Å². The number of carbonyl (C=O) groups excluding carboxylic acids is 1. The Labute approximate surface area is 149 Å². The van der Waals surface area contributed by atoms with Crippen molar-refractivity contribution in [3.8, 4) is 0 Å². The smallest absolute Gasteiger partial charge is 0.252 e. The molecule has 3 rings (SSSR count). The molecule has 0 N–H and O–H groups in total. The van der Waals surface area contributed by atoms with Crippen LogP contribution in [0.1, 0.15) is 17.2 Å². The van der Waals surface area contributed by atoms with Gasteiger partial charge in [-0.3, -0.25) is 9.48 Å². The van der Waals surface area contributed by atoms with Gasteiger partial charge in [-0.15, -0.1) is 0 Å². The summed E-state index contributed by atoms with van der Waals surface area (Å²) in [5.41, 5.74) is 1.99. The molecule has 0 spiro atoms. The van der Waals surface area contributed by atoms with Crippen LogP contribution in [0.15, 0.2) is 77.5 Å². The molecule has 0 bridgehead atoms. The van der Waals surface area contributed by atoms with Gasteiger partial charge in [-0.2, -0.15) is 5.10 Å². The Morgan fingerprint density at radius 1 is 1.12 bits per heavy atom. The van der Waals surface area contributed by atoms with Gasteiger partial charge in [-0.25, -0.2) is 0 Å². The minimum Gasteiger partial charge on any atom is -0.339 e. The lowest BCUT2D eigenvalue weighted by Crippen LogP contribution is -2.35. The first-order valence-electron chi connectivity index (χ1n) is 7.69. The summed E-state index contributed by atoms with van der Waals surface area (Å²) in [5.74, 6) is 0.000605. The third-order valence-electron chi connectivity index (χ3n) is 3.88. The highest BCUT2D eigenvalue weighted by atomic mass is 79.9. The molecule has 0 aliphatic carbocycles. The molecule has 122 valence electrons. The molecule has 1 heterocycles. The number of benzene rings is 2. The zero-order chi connectivity index (χ0) is 16.9. The number of carbonyl (C=O) groups is 1. The second-order valence-corrected chi connectivity index (χ2v) is 6.44. The molecule has 4 nitrogen and oxygen atoms in total. The van der Waals surface area contributed by atoms with Crippen molar-refractivity contribution in [2.45, 2.75) is 12.6 Å². The summed E-state index contributed by atoms with van der Waals surface area (Å²) in [5, 5.41) is 4.28. The van der Waals surface area contributed by atoms with Gasteiger partial charge in [-0.1, -0.05) is 64.5 Å². The van der Waals surface area contributed by atoms with E-state index in [2.05, 4.69) is 21.0 Å². The molecule has 0 aliphatic rings. The van der Waals surface area contributed by atoms with Gasteiger partial charge in [0.05, 0.1) is 0 Å². The zero-order valence-electron chi connectivity index (χ0n) is 13.3. The summed E-state index contributed by atoms with van der Waals surface area (Å²) in [4.78, 5) is 14.8. The lowest BCUT2D eigenvalue weighted by Gasteiger charge is -2.25. The average molecular weight is 384 g/mol. The van der Waals surface area contributed by atoms with Crippen molar-refractivity contribution < 1.29 is 4.79 Å². The van der Waals surface area contributed by atoms with Crippen molar-refractivity contribution in [2.24, 2.45) is 0 Å². The highest BCUT2D eigenvalue weighted by Crippen LogP contribution is 2.22. The van der Waals surface area contributed by atoms with E-state index >= 15 is 0 Å². The lowest BCUT2D eigenvalue weighted by molar-refractivity contribution is -0.133. The van der Waals surface area contributed by atoms with Crippen molar-refractivity contribution >= 4 is 21.8 Å². The van der Waals surface area contributed by atoms with Crippen LogP contribution in [0.5, 0.6) is 0 Å². The molecular weight excluding hydrogens is 366 g/mol. The second-order valence-electron chi connectivity index (χ2n) is 5.59. The van der Waals surface area contributed by atoms with E-state index in [9.17, 15) is 4.79 Å². The Balaban J connectivity index is 1.88. The minimum absolute atomic E-state index is 0.000605. The number of halogens is 1. The predicted molar refractivity (Wildman–Crippen MR) is 97.4 cm³/mol. The van der Waals surface area contributed by atoms with Crippen LogP contribution in [-0.4, -0.2) is 27.6 Å². The SMILES string of the molecule is CN(Cc1ccccc1Br)C(=O)C(c1ccccc1)n1cccn1. The summed E-state index contributed by atoms with van der Waals surface area (Å²) < 4.78 is 2.70. The minimum atomic E-state index is -0.464. The fraction of sp³-hybridized carbons (Fsp3) is 0.158. The van der Waals surface area contributed by atoms with Crippen molar-refractivity contribution in [2.75, 3.05) is 7.05 Å². The number of hydrogen-bond acceptors (Lipinski definition) is 2. The highest BCUT2D eigenvalue weighted by molar-refractivity contribution is 9.10. The van der Waals surface area contributed by atoms with Crippen LogP contribution < -0.4 is 0 Å². The second kappa shape index (κ2) is 7.45. The standard InChI is InChI=1S/C19H18BrN3O/c1-22(14-16-10-5-6-11-17(16)20)19(24)18(23-13-7-12-21-23)15-8-3-2-4-9-15/h2-13,18H,14H2,1H3. The molecular formula is C19H18BrN3O. The quantitative estimate of drug-likeness (QED) is 0.670. The van der Waals surface area contributed by atoms with E-state index in [4.69, 9.17) is 0 Å². The fourth-order valence-electron chi connectivity index (χ4n) is 2.65. The van der Waals surface area contributed by atoms with Gasteiger partial charge >= 0.3 is 0 Å². The lowest BCUT2D eigenvalue weighted by atomic mass is 10.1. The molecule has 5 heteroatoms. The number of rotatable bonds is 5. The number of hydrogen-bond donors (Lipinski definition) is 0. The van der Waals surface area contributed by atoms with E-state index in [-0.39, 0.29) is 5.91 Å². The fourth-order valence-corrected chi connectivity index (χ4v) is 3.06. The third-order valence-corrected chi connectivity index (χ3v) is 4.65. The Kier molecular flexibility index (Phi) is 5.11. The van der Waals surface area contributed by atoms with Gasteiger partial charge in [0.2, 0.25) is 0 Å². The molecule has 24 heavy (non-hydrogen) atoms. The number of amides is 1. The van der Waals surface area contributed by atoms with Crippen LogP contribution in [0.4, 0.5) is 0 Å². The van der Waals surface area contributed by atoms with Gasteiger partial charge in [-0.05, 0) is 23.3 Å². The monoisotopic (exact) mass is 383 g/mol. The van der Waals surface area contributed by atoms with Crippen LogP contribution in [0.2, 0.25) is 0 Å². The van der Waals surface area contributed by atoms with Crippen LogP contribution in [0.3, 0.4) is 0 Å². The summed E-state index contributed by atoms with van der Waals surface area (Å²) in [6.07, 6.45) is 3.51. The summed E-state index contributed by atoms with van der Waals surface area (Å²) in [6.45, 7) is 0.533. The molecule has 3 aromatic rings. The molecule has 0 fully saturated rings. The Morgan fingerprint density at radius 2 is 1.83 bits per heavy atom. The molecule has 1 amide bonds. The van der Waals surface area contributed by atoms with Gasteiger partial charge < -0.3 is 4.90 Å². The van der Waals surface area contributed by atoms with E-state index < -0.39 is 6.04 Å². The van der Waals surface area contributed by atoms with Gasteiger partial charge in [0, 0.05) is 30.5 Å². The maximum Gasteiger partial charge on any atom is 0.252 e.